The average Bonchev–Trinajstić information content (AvgIpc) is 3.04. The van der Waals surface area contributed by atoms with Crippen molar-refractivity contribution in [2.24, 2.45) is 0 Å². The number of nitrogens with zero attached hydrogens (tertiary/aromatic N) is 5. The number of benzene rings is 2. The van der Waals surface area contributed by atoms with E-state index in [0.29, 0.717) is 21.5 Å². The molecule has 0 unspecified atom stereocenters. The van der Waals surface area contributed by atoms with Crippen LogP contribution in [0, 0.1) is 17.0 Å². The molecule has 162 valence electrons. The number of hydrogen-bond donors (Lipinski definition) is 1. The van der Waals surface area contributed by atoms with Gasteiger partial charge in [-0.1, -0.05) is 47.5 Å². The van der Waals surface area contributed by atoms with E-state index in [4.69, 9.17) is 23.2 Å². The number of carbonyl (C=O) groups is 1. The number of halogens is 2. The fourth-order valence-corrected chi connectivity index (χ4v) is 3.53. The van der Waals surface area contributed by atoms with Crippen molar-refractivity contribution in [2.75, 3.05) is 5.43 Å². The number of hydrogen-bond acceptors (Lipinski definition) is 6. The largest absolute Gasteiger partial charge is 0.408 e. The van der Waals surface area contributed by atoms with Crippen molar-refractivity contribution in [3.8, 4) is 11.4 Å². The van der Waals surface area contributed by atoms with Crippen LogP contribution in [-0.2, 0) is 11.3 Å². The van der Waals surface area contributed by atoms with E-state index in [1.807, 2.05) is 0 Å². The summed E-state index contributed by atoms with van der Waals surface area (Å²) in [7, 11) is 0. The predicted molar refractivity (Wildman–Crippen MR) is 119 cm³/mol. The summed E-state index contributed by atoms with van der Waals surface area (Å²) >= 11 is 12.0. The van der Waals surface area contributed by atoms with Gasteiger partial charge in [0.1, 0.15) is 6.54 Å². The molecule has 2 heterocycles. The van der Waals surface area contributed by atoms with Crippen LogP contribution in [0.25, 0.3) is 22.3 Å². The molecule has 0 saturated carbocycles. The van der Waals surface area contributed by atoms with Crippen LogP contribution in [0.3, 0.4) is 0 Å². The quantitative estimate of drug-likeness (QED) is 0.349. The molecule has 12 heteroatoms. The highest BCUT2D eigenvalue weighted by Gasteiger charge is 2.25. The lowest BCUT2D eigenvalue weighted by atomic mass is 10.2. The summed E-state index contributed by atoms with van der Waals surface area (Å²) in [6.45, 7) is 1.09. The molecule has 0 aliphatic carbocycles. The van der Waals surface area contributed by atoms with E-state index in [-0.39, 0.29) is 16.5 Å². The van der Waals surface area contributed by atoms with Crippen molar-refractivity contribution in [3.63, 3.8) is 0 Å². The third-order valence-corrected chi connectivity index (χ3v) is 5.36. The lowest BCUT2D eigenvalue weighted by molar-refractivity contribution is -0.389. The Balaban J connectivity index is 1.77. The first-order valence-corrected chi connectivity index (χ1v) is 9.96. The molecule has 10 nitrogen and oxygen atoms in total. The molecule has 0 radical (unpaired) electrons. The lowest BCUT2D eigenvalue weighted by Gasteiger charge is -2.14. The topological polar surface area (TPSA) is 125 Å². The van der Waals surface area contributed by atoms with Crippen LogP contribution < -0.4 is 11.0 Å². The van der Waals surface area contributed by atoms with Gasteiger partial charge in [-0.25, -0.2) is 4.98 Å². The summed E-state index contributed by atoms with van der Waals surface area (Å²) in [5.41, 5.74) is 3.21. The van der Waals surface area contributed by atoms with Crippen LogP contribution in [0.1, 0.15) is 5.69 Å². The molecule has 0 aliphatic rings. The highest BCUT2D eigenvalue weighted by molar-refractivity contribution is 6.33. The molecule has 0 bridgehead atoms. The molecule has 0 saturated heterocycles. The Labute approximate surface area is 190 Å². The van der Waals surface area contributed by atoms with Crippen LogP contribution in [-0.4, -0.2) is 30.3 Å². The van der Waals surface area contributed by atoms with Crippen molar-refractivity contribution in [1.82, 2.24) is 19.4 Å². The summed E-state index contributed by atoms with van der Waals surface area (Å²) in [6.07, 6.45) is 0. The number of aromatic nitrogens is 4. The number of nitrogens with one attached hydrogen (secondary N) is 1. The van der Waals surface area contributed by atoms with Crippen LogP contribution in [0.15, 0.2) is 53.3 Å². The minimum absolute atomic E-state index is 0.160. The van der Waals surface area contributed by atoms with Crippen LogP contribution in [0.4, 0.5) is 5.82 Å². The van der Waals surface area contributed by atoms with E-state index in [0.717, 1.165) is 9.36 Å². The summed E-state index contributed by atoms with van der Waals surface area (Å²) in [5, 5.41) is 15.4. The Morgan fingerprint density at radius 2 is 1.94 bits per heavy atom. The standard InChI is InChI=1S/C20H14Cl2N6O4/c1-11-17(22)19(28(31)32)25-26(11)10-16(29)24-27-18(12-5-4-6-13(21)9-12)23-15-8-3-2-7-14(15)20(27)30/h2-9H,10H2,1H3,(H,24,29). The van der Waals surface area contributed by atoms with Crippen molar-refractivity contribution in [1.29, 1.82) is 0 Å². The number of fused-ring (bicyclic) bond motifs is 1. The SMILES string of the molecule is Cc1c(Cl)c([N+](=O)[O-])nn1CC(=O)Nn1c(-c2cccc(Cl)c2)nc2ccccc2c1=O. The number of para-hydroxylation sites is 1. The van der Waals surface area contributed by atoms with Crippen molar-refractivity contribution in [2.45, 2.75) is 13.5 Å². The molecule has 1 N–H and O–H groups in total. The second-order valence-corrected chi connectivity index (χ2v) is 7.59. The third-order valence-electron chi connectivity index (χ3n) is 4.68. The molecule has 2 aromatic carbocycles. The number of amides is 1. The lowest BCUT2D eigenvalue weighted by Crippen LogP contribution is -2.37. The summed E-state index contributed by atoms with van der Waals surface area (Å²) in [4.78, 5) is 40.7. The fraction of sp³-hybridized carbons (Fsp3) is 0.100. The monoisotopic (exact) mass is 472 g/mol. The van der Waals surface area contributed by atoms with Gasteiger partial charge in [-0.2, -0.15) is 9.36 Å². The van der Waals surface area contributed by atoms with Gasteiger partial charge in [0.05, 0.1) is 21.7 Å². The third kappa shape index (κ3) is 3.93. The zero-order chi connectivity index (χ0) is 23.0. The summed E-state index contributed by atoms with van der Waals surface area (Å²) in [6, 6.07) is 13.4. The van der Waals surface area contributed by atoms with E-state index in [2.05, 4.69) is 15.5 Å². The van der Waals surface area contributed by atoms with E-state index in [1.165, 1.54) is 6.92 Å². The normalized spacial score (nSPS) is 11.0. The second kappa shape index (κ2) is 8.40. The second-order valence-electron chi connectivity index (χ2n) is 6.78. The predicted octanol–water partition coefficient (Wildman–Crippen LogP) is 3.55. The Morgan fingerprint density at radius 3 is 2.62 bits per heavy atom. The van der Waals surface area contributed by atoms with E-state index in [1.54, 1.807) is 48.5 Å². The zero-order valence-electron chi connectivity index (χ0n) is 16.5. The molecule has 0 atom stereocenters. The van der Waals surface area contributed by atoms with Gasteiger partial charge in [0.25, 0.3) is 11.5 Å². The molecule has 0 aliphatic heterocycles. The maximum absolute atomic E-state index is 13.2. The molecule has 4 aromatic rings. The van der Waals surface area contributed by atoms with Gasteiger partial charge >= 0.3 is 5.82 Å². The Morgan fingerprint density at radius 1 is 1.19 bits per heavy atom. The van der Waals surface area contributed by atoms with E-state index in [9.17, 15) is 19.7 Å². The molecular weight excluding hydrogens is 459 g/mol. The fourth-order valence-electron chi connectivity index (χ4n) is 3.13. The molecule has 4 rings (SSSR count). The van der Waals surface area contributed by atoms with E-state index < -0.39 is 28.8 Å². The average molecular weight is 473 g/mol. The molecule has 32 heavy (non-hydrogen) atoms. The van der Waals surface area contributed by atoms with E-state index >= 15 is 0 Å². The smallest absolute Gasteiger partial charge is 0.358 e. The Bertz CT molecular complexity index is 1450. The molecular formula is C20H14Cl2N6O4. The zero-order valence-corrected chi connectivity index (χ0v) is 18.0. The minimum Gasteiger partial charge on any atom is -0.358 e. The minimum atomic E-state index is -0.737. The first kappa shape index (κ1) is 21.5. The van der Waals surface area contributed by atoms with Crippen LogP contribution in [0.5, 0.6) is 0 Å². The number of rotatable bonds is 5. The van der Waals surface area contributed by atoms with Crippen LogP contribution >= 0.6 is 23.2 Å². The van der Waals surface area contributed by atoms with Gasteiger partial charge in [-0.3, -0.25) is 15.0 Å². The Kier molecular flexibility index (Phi) is 5.64. The van der Waals surface area contributed by atoms with Crippen molar-refractivity contribution in [3.05, 3.63) is 84.7 Å². The molecule has 0 fully saturated rings. The van der Waals surface area contributed by atoms with Crippen LogP contribution in [0.2, 0.25) is 10.0 Å². The molecule has 1 amide bonds. The molecule has 2 aromatic heterocycles. The van der Waals surface area contributed by atoms with Gasteiger partial charge in [-0.15, -0.1) is 0 Å². The van der Waals surface area contributed by atoms with Gasteiger partial charge in [0.15, 0.2) is 10.8 Å². The summed E-state index contributed by atoms with van der Waals surface area (Å²) in [5.74, 6) is -1.04. The van der Waals surface area contributed by atoms with Crippen molar-refractivity contribution < 1.29 is 9.72 Å². The van der Waals surface area contributed by atoms with Gasteiger partial charge in [0.2, 0.25) is 0 Å². The van der Waals surface area contributed by atoms with Gasteiger partial charge in [-0.05, 0) is 36.1 Å². The number of nitro groups is 1. The van der Waals surface area contributed by atoms with Crippen molar-refractivity contribution >= 4 is 45.8 Å². The molecule has 0 spiro atoms. The first-order valence-electron chi connectivity index (χ1n) is 9.21. The number of carbonyl (C=O) groups excluding carboxylic acids is 1. The Hall–Kier alpha value is -3.76. The highest BCUT2D eigenvalue weighted by Crippen LogP contribution is 2.26. The van der Waals surface area contributed by atoms with Gasteiger partial charge < -0.3 is 10.1 Å². The van der Waals surface area contributed by atoms with Gasteiger partial charge in [0, 0.05) is 10.6 Å². The maximum atomic E-state index is 13.2. The first-order chi connectivity index (χ1) is 15.3. The maximum Gasteiger partial charge on any atom is 0.408 e. The summed E-state index contributed by atoms with van der Waals surface area (Å²) < 4.78 is 2.11. The highest BCUT2D eigenvalue weighted by atomic mass is 35.5.